The van der Waals surface area contributed by atoms with E-state index >= 15 is 0 Å². The van der Waals surface area contributed by atoms with Gasteiger partial charge in [0.25, 0.3) is 0 Å². The van der Waals surface area contributed by atoms with Gasteiger partial charge in [0.2, 0.25) is 0 Å². The molecule has 0 fully saturated rings. The lowest BCUT2D eigenvalue weighted by Crippen LogP contribution is -2.13. The van der Waals surface area contributed by atoms with Gasteiger partial charge in [0, 0.05) is 11.6 Å². The van der Waals surface area contributed by atoms with Gasteiger partial charge in [0.15, 0.2) is 0 Å². The molecule has 21 heavy (non-hydrogen) atoms. The molecule has 4 N–H and O–H groups in total. The zero-order valence-electron chi connectivity index (χ0n) is 12.1. The number of rotatable bonds is 4. The van der Waals surface area contributed by atoms with Gasteiger partial charge in [-0.2, -0.15) is 5.26 Å². The van der Waals surface area contributed by atoms with Crippen LogP contribution >= 0.6 is 0 Å². The van der Waals surface area contributed by atoms with Crippen LogP contribution in [-0.2, 0) is 0 Å². The molecule has 1 heterocycles. The number of hydrogen-bond donors (Lipinski definition) is 3. The summed E-state index contributed by atoms with van der Waals surface area (Å²) in [6.07, 6.45) is 0. The van der Waals surface area contributed by atoms with Crippen molar-refractivity contribution in [3.8, 4) is 11.8 Å². The fourth-order valence-electron chi connectivity index (χ4n) is 1.88. The van der Waals surface area contributed by atoms with Crippen molar-refractivity contribution < 1.29 is 4.74 Å². The van der Waals surface area contributed by atoms with E-state index in [1.807, 2.05) is 6.92 Å². The molecule has 0 amide bonds. The van der Waals surface area contributed by atoms with Crippen molar-refractivity contribution in [3.05, 3.63) is 35.2 Å². The number of ether oxygens (including phenoxy) is 1. The second kappa shape index (κ2) is 6.07. The Balaban J connectivity index is 2.43. The number of aryl methyl sites for hydroxylation is 1. The van der Waals surface area contributed by atoms with Crippen LogP contribution in [0.15, 0.2) is 18.2 Å². The molecular weight excluding hydrogens is 268 g/mol. The summed E-state index contributed by atoms with van der Waals surface area (Å²) in [4.78, 5) is 8.56. The molecule has 1 aromatic heterocycles. The Kier molecular flexibility index (Phi) is 4.21. The number of benzene rings is 1. The van der Waals surface area contributed by atoms with E-state index in [2.05, 4.69) is 26.8 Å². The van der Waals surface area contributed by atoms with Crippen molar-refractivity contribution in [2.24, 2.45) is 5.84 Å². The van der Waals surface area contributed by atoms with E-state index in [1.54, 1.807) is 32.2 Å². The van der Waals surface area contributed by atoms with Crippen molar-refractivity contribution >= 4 is 17.3 Å². The molecule has 0 bridgehead atoms. The Labute approximate surface area is 122 Å². The molecule has 0 unspecified atom stereocenters. The van der Waals surface area contributed by atoms with Crippen molar-refractivity contribution in [2.45, 2.75) is 13.8 Å². The highest BCUT2D eigenvalue weighted by Crippen LogP contribution is 2.30. The summed E-state index contributed by atoms with van der Waals surface area (Å²) >= 11 is 0. The first-order valence-corrected chi connectivity index (χ1v) is 6.26. The van der Waals surface area contributed by atoms with Crippen molar-refractivity contribution in [3.63, 3.8) is 0 Å². The summed E-state index contributed by atoms with van der Waals surface area (Å²) in [6.45, 7) is 3.63. The van der Waals surface area contributed by atoms with Crippen molar-refractivity contribution in [1.82, 2.24) is 9.97 Å². The molecule has 0 saturated carbocycles. The smallest absolute Gasteiger partial charge is 0.148 e. The minimum absolute atomic E-state index is 0.525. The lowest BCUT2D eigenvalue weighted by atomic mass is 10.2. The summed E-state index contributed by atoms with van der Waals surface area (Å²) in [6, 6.07) is 7.20. The van der Waals surface area contributed by atoms with Crippen LogP contribution in [0, 0.1) is 25.2 Å². The summed E-state index contributed by atoms with van der Waals surface area (Å²) in [7, 11) is 1.55. The van der Waals surface area contributed by atoms with Gasteiger partial charge in [0.05, 0.1) is 24.4 Å². The van der Waals surface area contributed by atoms with Crippen LogP contribution in [0.25, 0.3) is 0 Å². The summed E-state index contributed by atoms with van der Waals surface area (Å²) in [5.74, 6) is 7.77. The minimum Gasteiger partial charge on any atom is -0.495 e. The fraction of sp³-hybridized carbons (Fsp3) is 0.214. The minimum atomic E-state index is 0.525. The van der Waals surface area contributed by atoms with Crippen molar-refractivity contribution in [2.75, 3.05) is 17.9 Å². The van der Waals surface area contributed by atoms with Crippen LogP contribution in [0.4, 0.5) is 17.3 Å². The SMILES string of the molecule is COc1cc(C#N)ccc1Nc1nc(C)nc(NN)c1C. The molecule has 0 atom stereocenters. The van der Waals surface area contributed by atoms with E-state index in [1.165, 1.54) is 0 Å². The topological polar surface area (TPSA) is 109 Å². The molecule has 1 aromatic carbocycles. The second-order valence-electron chi connectivity index (χ2n) is 4.39. The van der Waals surface area contributed by atoms with Gasteiger partial charge in [-0.25, -0.2) is 15.8 Å². The summed E-state index contributed by atoms with van der Waals surface area (Å²) in [5.41, 5.74) is 4.56. The third kappa shape index (κ3) is 3.01. The van der Waals surface area contributed by atoms with Crippen LogP contribution in [0.1, 0.15) is 17.0 Å². The molecular formula is C14H16N6O. The van der Waals surface area contributed by atoms with Crippen LogP contribution in [-0.4, -0.2) is 17.1 Å². The molecule has 0 aliphatic heterocycles. The van der Waals surface area contributed by atoms with Gasteiger partial charge in [-0.1, -0.05) is 0 Å². The van der Waals surface area contributed by atoms with E-state index in [0.29, 0.717) is 34.5 Å². The van der Waals surface area contributed by atoms with Crippen LogP contribution in [0.3, 0.4) is 0 Å². The molecule has 0 aliphatic rings. The molecule has 2 aromatic rings. The van der Waals surface area contributed by atoms with Crippen molar-refractivity contribution in [1.29, 1.82) is 5.26 Å². The molecule has 0 aliphatic carbocycles. The number of nitrogen functional groups attached to an aromatic ring is 1. The maximum absolute atomic E-state index is 8.92. The first kappa shape index (κ1) is 14.6. The van der Waals surface area contributed by atoms with E-state index in [-0.39, 0.29) is 0 Å². The largest absolute Gasteiger partial charge is 0.495 e. The lowest BCUT2D eigenvalue weighted by Gasteiger charge is -2.14. The fourth-order valence-corrected chi connectivity index (χ4v) is 1.88. The van der Waals surface area contributed by atoms with Crippen LogP contribution in [0.5, 0.6) is 5.75 Å². The van der Waals surface area contributed by atoms with E-state index in [9.17, 15) is 0 Å². The monoisotopic (exact) mass is 284 g/mol. The Morgan fingerprint density at radius 3 is 2.57 bits per heavy atom. The first-order valence-electron chi connectivity index (χ1n) is 6.26. The number of anilines is 3. The Hall–Kier alpha value is -2.85. The number of methoxy groups -OCH3 is 1. The molecule has 2 rings (SSSR count). The quantitative estimate of drug-likeness (QED) is 0.582. The van der Waals surface area contributed by atoms with Gasteiger partial charge in [0.1, 0.15) is 23.2 Å². The molecule has 7 nitrogen and oxygen atoms in total. The van der Waals surface area contributed by atoms with Gasteiger partial charge in [-0.3, -0.25) is 0 Å². The third-order valence-electron chi connectivity index (χ3n) is 2.98. The number of hydrazine groups is 1. The predicted molar refractivity (Wildman–Crippen MR) is 80.3 cm³/mol. The molecule has 0 radical (unpaired) electrons. The maximum Gasteiger partial charge on any atom is 0.148 e. The Bertz CT molecular complexity index is 707. The maximum atomic E-state index is 8.92. The Morgan fingerprint density at radius 1 is 1.24 bits per heavy atom. The molecule has 0 spiro atoms. The molecule has 7 heteroatoms. The highest BCUT2D eigenvalue weighted by atomic mass is 16.5. The van der Waals surface area contributed by atoms with Crippen LogP contribution in [0.2, 0.25) is 0 Å². The number of nitrogens with one attached hydrogen (secondary N) is 2. The van der Waals surface area contributed by atoms with Gasteiger partial charge in [-0.15, -0.1) is 0 Å². The zero-order chi connectivity index (χ0) is 15.4. The zero-order valence-corrected chi connectivity index (χ0v) is 12.1. The van der Waals surface area contributed by atoms with E-state index in [0.717, 1.165) is 5.56 Å². The van der Waals surface area contributed by atoms with E-state index < -0.39 is 0 Å². The molecule has 0 saturated heterocycles. The number of nitrogens with two attached hydrogens (primary N) is 1. The highest BCUT2D eigenvalue weighted by molar-refractivity contribution is 5.69. The molecule has 108 valence electrons. The average Bonchev–Trinajstić information content (AvgIpc) is 2.50. The lowest BCUT2D eigenvalue weighted by molar-refractivity contribution is 0.416. The third-order valence-corrected chi connectivity index (χ3v) is 2.98. The highest BCUT2D eigenvalue weighted by Gasteiger charge is 2.11. The van der Waals surface area contributed by atoms with Gasteiger partial charge < -0.3 is 15.5 Å². The summed E-state index contributed by atoms with van der Waals surface area (Å²) in [5, 5.41) is 12.1. The Morgan fingerprint density at radius 2 is 1.95 bits per heavy atom. The average molecular weight is 284 g/mol. The summed E-state index contributed by atoms with van der Waals surface area (Å²) < 4.78 is 5.29. The number of aromatic nitrogens is 2. The van der Waals surface area contributed by atoms with Gasteiger partial charge >= 0.3 is 0 Å². The first-order chi connectivity index (χ1) is 10.1. The standard InChI is InChI=1S/C14H16N6O/c1-8-13(17-9(2)18-14(8)20-16)19-11-5-4-10(7-15)6-12(11)21-3/h4-6H,16H2,1-3H3,(H2,17,18,19,20). The van der Waals surface area contributed by atoms with E-state index in [4.69, 9.17) is 15.8 Å². The number of nitrogens with zero attached hydrogens (tertiary/aromatic N) is 3. The normalized spacial score (nSPS) is 9.86. The predicted octanol–water partition coefficient (Wildman–Crippen LogP) is 2.00. The van der Waals surface area contributed by atoms with Gasteiger partial charge in [-0.05, 0) is 26.0 Å². The number of hydrogen-bond acceptors (Lipinski definition) is 7. The van der Waals surface area contributed by atoms with Crippen LogP contribution < -0.4 is 21.3 Å². The second-order valence-corrected chi connectivity index (χ2v) is 4.39. The number of nitriles is 1.